The highest BCUT2D eigenvalue weighted by Gasteiger charge is 2.10. The van der Waals surface area contributed by atoms with Crippen molar-refractivity contribution in [1.29, 1.82) is 0 Å². The van der Waals surface area contributed by atoms with Gasteiger partial charge in [-0.3, -0.25) is 4.98 Å². The van der Waals surface area contributed by atoms with E-state index in [0.717, 1.165) is 20.2 Å². The van der Waals surface area contributed by atoms with Crippen LogP contribution in [0.5, 0.6) is 0 Å². The van der Waals surface area contributed by atoms with E-state index in [-0.39, 0.29) is 0 Å². The molecule has 5 heteroatoms. The normalized spacial score (nSPS) is 10.4. The topological polar surface area (TPSA) is 38.9 Å². The van der Waals surface area contributed by atoms with Crippen LogP contribution in [0.15, 0.2) is 39.4 Å². The Balaban J connectivity index is 2.57. The highest BCUT2D eigenvalue weighted by atomic mass is 79.9. The molecule has 0 radical (unpaired) electrons. The van der Waals surface area contributed by atoms with Crippen molar-refractivity contribution in [1.82, 2.24) is 4.98 Å². The van der Waals surface area contributed by atoms with Crippen molar-refractivity contribution in [3.63, 3.8) is 0 Å². The number of nitrogens with two attached hydrogens (primary N) is 1. The van der Waals surface area contributed by atoms with Gasteiger partial charge in [0.25, 0.3) is 0 Å². The van der Waals surface area contributed by atoms with Crippen LogP contribution in [-0.2, 0) is 0 Å². The Morgan fingerprint density at radius 2 is 1.75 bits per heavy atom. The summed E-state index contributed by atoms with van der Waals surface area (Å²) in [5.41, 5.74) is 8.30. The van der Waals surface area contributed by atoms with Crippen molar-refractivity contribution in [3.8, 4) is 11.3 Å². The van der Waals surface area contributed by atoms with Crippen molar-refractivity contribution < 1.29 is 0 Å². The lowest BCUT2D eigenvalue weighted by Gasteiger charge is -2.07. The summed E-state index contributed by atoms with van der Waals surface area (Å²) in [6, 6.07) is 7.46. The molecule has 0 saturated heterocycles. The zero-order chi connectivity index (χ0) is 11.7. The average molecular weight is 362 g/mol. The fourth-order valence-corrected chi connectivity index (χ4v) is 2.53. The molecule has 1 aromatic carbocycles. The van der Waals surface area contributed by atoms with Crippen molar-refractivity contribution in [2.75, 3.05) is 5.73 Å². The molecule has 1 heterocycles. The summed E-state index contributed by atoms with van der Waals surface area (Å²) in [5, 5.41) is 0.699. The molecule has 0 aliphatic rings. The van der Waals surface area contributed by atoms with Crippen LogP contribution in [0.2, 0.25) is 5.02 Å². The molecule has 0 unspecified atom stereocenters. The van der Waals surface area contributed by atoms with E-state index < -0.39 is 0 Å². The molecule has 2 N–H and O–H groups in total. The molecule has 0 atom stereocenters. The zero-order valence-electron chi connectivity index (χ0n) is 8.05. The van der Waals surface area contributed by atoms with Gasteiger partial charge in [-0.25, -0.2) is 0 Å². The van der Waals surface area contributed by atoms with Crippen LogP contribution >= 0.6 is 43.5 Å². The lowest BCUT2D eigenvalue weighted by molar-refractivity contribution is 1.29. The molecule has 2 rings (SSSR count). The first-order chi connectivity index (χ1) is 7.59. The summed E-state index contributed by atoms with van der Waals surface area (Å²) in [6.07, 6.45) is 1.68. The SMILES string of the molecule is Nc1c(Br)cnc(-c2ccc(Cl)cc2)c1Br. The summed E-state index contributed by atoms with van der Waals surface area (Å²) in [4.78, 5) is 4.32. The third kappa shape index (κ3) is 2.24. The van der Waals surface area contributed by atoms with Gasteiger partial charge in [0.1, 0.15) is 0 Å². The number of anilines is 1. The molecule has 0 amide bonds. The predicted octanol–water partition coefficient (Wildman–Crippen LogP) is 4.51. The van der Waals surface area contributed by atoms with Crippen LogP contribution in [-0.4, -0.2) is 4.98 Å². The van der Waals surface area contributed by atoms with Gasteiger partial charge in [-0.05, 0) is 44.0 Å². The van der Waals surface area contributed by atoms with Gasteiger partial charge in [0, 0.05) is 16.8 Å². The van der Waals surface area contributed by atoms with Crippen molar-refractivity contribution >= 4 is 49.1 Å². The molecule has 2 aromatic rings. The summed E-state index contributed by atoms with van der Waals surface area (Å²) in [6.45, 7) is 0. The second-order valence-electron chi connectivity index (χ2n) is 3.19. The average Bonchev–Trinajstić information content (AvgIpc) is 2.28. The standard InChI is InChI=1S/C11H7Br2ClN2/c12-8-5-16-11(9(13)10(8)15)6-1-3-7(14)4-2-6/h1-5H,(H2,15,16). The second-order valence-corrected chi connectivity index (χ2v) is 5.27. The van der Waals surface area contributed by atoms with E-state index >= 15 is 0 Å². The van der Waals surface area contributed by atoms with E-state index in [4.69, 9.17) is 17.3 Å². The smallest absolute Gasteiger partial charge is 0.0865 e. The Morgan fingerprint density at radius 1 is 1.12 bits per heavy atom. The van der Waals surface area contributed by atoms with Gasteiger partial charge in [0.05, 0.1) is 20.3 Å². The molecule has 0 bridgehead atoms. The van der Waals surface area contributed by atoms with Crippen molar-refractivity contribution in [2.45, 2.75) is 0 Å². The summed E-state index contributed by atoms with van der Waals surface area (Å²) in [7, 11) is 0. The number of rotatable bonds is 1. The van der Waals surface area contributed by atoms with Gasteiger partial charge in [-0.15, -0.1) is 0 Å². The molecule has 0 fully saturated rings. The first-order valence-electron chi connectivity index (χ1n) is 4.45. The van der Waals surface area contributed by atoms with Crippen LogP contribution in [0.1, 0.15) is 0 Å². The molecule has 0 aliphatic carbocycles. The van der Waals surface area contributed by atoms with E-state index in [9.17, 15) is 0 Å². The van der Waals surface area contributed by atoms with Gasteiger partial charge < -0.3 is 5.73 Å². The number of pyridine rings is 1. The summed E-state index contributed by atoms with van der Waals surface area (Å²) in [5.74, 6) is 0. The molecule has 1 aromatic heterocycles. The lowest BCUT2D eigenvalue weighted by atomic mass is 10.1. The Labute approximate surface area is 115 Å². The summed E-state index contributed by atoms with van der Waals surface area (Å²) >= 11 is 12.6. The number of hydrogen-bond donors (Lipinski definition) is 1. The van der Waals surface area contributed by atoms with Crippen LogP contribution in [0.3, 0.4) is 0 Å². The monoisotopic (exact) mass is 360 g/mol. The minimum absolute atomic E-state index is 0.639. The first-order valence-corrected chi connectivity index (χ1v) is 6.41. The van der Waals surface area contributed by atoms with Crippen LogP contribution in [0, 0.1) is 0 Å². The maximum absolute atomic E-state index is 5.89. The number of aromatic nitrogens is 1. The van der Waals surface area contributed by atoms with E-state index in [1.165, 1.54) is 0 Å². The number of benzene rings is 1. The fourth-order valence-electron chi connectivity index (χ4n) is 1.29. The van der Waals surface area contributed by atoms with Crippen molar-refractivity contribution in [3.05, 3.63) is 44.4 Å². The minimum Gasteiger partial charge on any atom is -0.397 e. The Bertz CT molecular complexity index is 526. The maximum Gasteiger partial charge on any atom is 0.0865 e. The Morgan fingerprint density at radius 3 is 2.38 bits per heavy atom. The zero-order valence-corrected chi connectivity index (χ0v) is 12.0. The molecule has 82 valence electrons. The van der Waals surface area contributed by atoms with E-state index in [1.54, 1.807) is 6.20 Å². The van der Waals surface area contributed by atoms with E-state index in [1.807, 2.05) is 24.3 Å². The fraction of sp³-hybridized carbons (Fsp3) is 0. The molecule has 0 spiro atoms. The van der Waals surface area contributed by atoms with Gasteiger partial charge in [-0.2, -0.15) is 0 Å². The minimum atomic E-state index is 0.639. The van der Waals surface area contributed by atoms with Gasteiger partial charge >= 0.3 is 0 Å². The lowest BCUT2D eigenvalue weighted by Crippen LogP contribution is -1.93. The first kappa shape index (κ1) is 11.9. The Kier molecular flexibility index (Phi) is 3.52. The third-order valence-corrected chi connectivity index (χ3v) is 3.81. The maximum atomic E-state index is 5.89. The molecular formula is C11H7Br2ClN2. The van der Waals surface area contributed by atoms with Gasteiger partial charge in [-0.1, -0.05) is 23.7 Å². The van der Waals surface area contributed by atoms with Crippen LogP contribution in [0.4, 0.5) is 5.69 Å². The molecular weight excluding hydrogens is 355 g/mol. The molecule has 0 saturated carbocycles. The van der Waals surface area contributed by atoms with Gasteiger partial charge in [0.15, 0.2) is 0 Å². The number of nitrogen functional groups attached to an aromatic ring is 1. The Hall–Kier alpha value is -0.580. The van der Waals surface area contributed by atoms with E-state index in [0.29, 0.717) is 10.7 Å². The highest BCUT2D eigenvalue weighted by molar-refractivity contribution is 9.11. The third-order valence-electron chi connectivity index (χ3n) is 2.13. The number of halogens is 3. The molecule has 2 nitrogen and oxygen atoms in total. The van der Waals surface area contributed by atoms with Crippen molar-refractivity contribution in [2.24, 2.45) is 0 Å². The van der Waals surface area contributed by atoms with Gasteiger partial charge in [0.2, 0.25) is 0 Å². The summed E-state index contributed by atoms with van der Waals surface area (Å²) < 4.78 is 1.56. The van der Waals surface area contributed by atoms with Crippen LogP contribution < -0.4 is 5.73 Å². The highest BCUT2D eigenvalue weighted by Crippen LogP contribution is 2.35. The predicted molar refractivity (Wildman–Crippen MR) is 74.5 cm³/mol. The number of hydrogen-bond acceptors (Lipinski definition) is 2. The second kappa shape index (κ2) is 4.73. The molecule has 16 heavy (non-hydrogen) atoms. The molecule has 0 aliphatic heterocycles. The van der Waals surface area contributed by atoms with Crippen LogP contribution in [0.25, 0.3) is 11.3 Å². The quantitative estimate of drug-likeness (QED) is 0.811. The van der Waals surface area contributed by atoms with E-state index in [2.05, 4.69) is 36.8 Å². The largest absolute Gasteiger partial charge is 0.397 e. The number of nitrogens with zero attached hydrogens (tertiary/aromatic N) is 1.